The van der Waals surface area contributed by atoms with Gasteiger partial charge < -0.3 is 0 Å². The Morgan fingerprint density at radius 2 is 1.24 bits per heavy atom. The number of carbonyl (C=O) groups is 4. The normalized spacial score (nSPS) is 28.1. The topological polar surface area (TPSA) is 105 Å². The zero-order valence-electron chi connectivity index (χ0n) is 14.0. The van der Waals surface area contributed by atoms with Crippen LogP contribution in [-0.2, 0) is 60.5 Å². The molecular weight excluding hydrogens is 604 g/mol. The minimum atomic E-state index is -1.01. The first-order valence-corrected chi connectivity index (χ1v) is 9.01. The minimum absolute atomic E-state index is 0. The average molecular weight is 623 g/mol. The maximum absolute atomic E-state index is 11.4. The van der Waals surface area contributed by atoms with Gasteiger partial charge in [-0.3, -0.25) is 0 Å². The van der Waals surface area contributed by atoms with Gasteiger partial charge in [-0.05, 0) is 0 Å². The van der Waals surface area contributed by atoms with E-state index in [1.807, 2.05) is 0 Å². The first-order chi connectivity index (χ1) is 11.1. The third-order valence-corrected chi connectivity index (χ3v) is 5.50. The summed E-state index contributed by atoms with van der Waals surface area (Å²) in [6.07, 6.45) is -2.78. The van der Waals surface area contributed by atoms with E-state index in [4.69, 9.17) is 18.9 Å². The largest absolute Gasteiger partial charge is 0 e. The van der Waals surface area contributed by atoms with Gasteiger partial charge in [-0.2, -0.15) is 0 Å². The van der Waals surface area contributed by atoms with Gasteiger partial charge in [-0.15, -0.1) is 0 Å². The molecule has 0 aliphatic carbocycles. The Morgan fingerprint density at radius 3 is 1.68 bits per heavy atom. The molecule has 0 aromatic rings. The number of esters is 4. The molecule has 8 nitrogen and oxygen atoms in total. The van der Waals surface area contributed by atoms with E-state index in [9.17, 15) is 19.2 Å². The number of carbonyl (C=O) groups excluding carboxylic acids is 4. The summed E-state index contributed by atoms with van der Waals surface area (Å²) in [6.45, 7) is 4.86. The van der Waals surface area contributed by atoms with E-state index >= 15 is 0 Å². The molecule has 0 spiro atoms. The minimum Gasteiger partial charge on any atom is 0 e. The van der Waals surface area contributed by atoms with Gasteiger partial charge >= 0.3 is 152 Å². The van der Waals surface area contributed by atoms with Gasteiger partial charge in [0.2, 0.25) is 0 Å². The monoisotopic (exact) mass is 624 g/mol. The number of thioether (sulfide) groups is 1. The summed E-state index contributed by atoms with van der Waals surface area (Å²) in [7, 11) is 0. The third-order valence-electron chi connectivity index (χ3n) is 2.95. The molecule has 1 heterocycles. The summed E-state index contributed by atoms with van der Waals surface area (Å²) in [5, 5.41) is -0.486. The molecule has 146 valence electrons. The van der Waals surface area contributed by atoms with Crippen LogP contribution in [0, 0.1) is 0 Å². The summed E-state index contributed by atoms with van der Waals surface area (Å²) < 4.78 is 20.4. The summed E-state index contributed by atoms with van der Waals surface area (Å²) >= 11 is 4.12. The van der Waals surface area contributed by atoms with Crippen LogP contribution in [0.25, 0.3) is 0 Å². The molecule has 25 heavy (non-hydrogen) atoms. The van der Waals surface area contributed by atoms with Crippen LogP contribution in [0.2, 0.25) is 0 Å². The molecule has 1 aliphatic rings. The molecule has 1 fully saturated rings. The fourth-order valence-corrected chi connectivity index (χ4v) is 4.75. The van der Waals surface area contributed by atoms with Crippen LogP contribution < -0.4 is 0 Å². The summed E-state index contributed by atoms with van der Waals surface area (Å²) in [4.78, 5) is 45.3. The van der Waals surface area contributed by atoms with Crippen molar-refractivity contribution in [2.24, 2.45) is 0 Å². The van der Waals surface area contributed by atoms with Crippen LogP contribution in [0.4, 0.5) is 0 Å². The van der Waals surface area contributed by atoms with E-state index in [1.54, 1.807) is 0 Å². The van der Waals surface area contributed by atoms with Crippen LogP contribution in [0.15, 0.2) is 0 Å². The predicted octanol–water partition coefficient (Wildman–Crippen LogP) is -0.0479. The second-order valence-corrected chi connectivity index (χ2v) is 8.19. The van der Waals surface area contributed by atoms with Gasteiger partial charge in [0.1, 0.15) is 0 Å². The van der Waals surface area contributed by atoms with Crippen LogP contribution in [0.1, 0.15) is 27.7 Å². The summed E-state index contributed by atoms with van der Waals surface area (Å²) in [5.41, 5.74) is 0. The Balaban J connectivity index is 0.00000576. The van der Waals surface area contributed by atoms with Crippen molar-refractivity contribution in [2.45, 2.75) is 55.4 Å². The van der Waals surface area contributed by atoms with Gasteiger partial charge in [0.25, 0.3) is 0 Å². The number of ether oxygens (including phenoxy) is 4. The van der Waals surface area contributed by atoms with Crippen molar-refractivity contribution in [3.8, 4) is 0 Å². The number of hydrogen-bond acceptors (Lipinski definition) is 9. The van der Waals surface area contributed by atoms with E-state index in [2.05, 4.69) is 16.0 Å². The number of rotatable bonds is 5. The molecule has 11 heteroatoms. The van der Waals surface area contributed by atoms with Crippen molar-refractivity contribution >= 4 is 51.7 Å². The second kappa shape index (κ2) is 11.3. The van der Waals surface area contributed by atoms with Crippen LogP contribution in [0.5, 0.6) is 0 Å². The average Bonchev–Trinajstić information content (AvgIpc) is 2.42. The molecule has 0 aromatic carbocycles. The fourth-order valence-electron chi connectivity index (χ4n) is 2.19. The Hall–Kier alpha value is -0.510. The zero-order valence-corrected chi connectivity index (χ0v) is 18.7. The Bertz CT molecular complexity index is 517. The van der Waals surface area contributed by atoms with Crippen molar-refractivity contribution in [3.63, 3.8) is 0 Å². The molecule has 5 atom stereocenters. The van der Waals surface area contributed by atoms with Crippen molar-refractivity contribution in [1.82, 2.24) is 0 Å². The quantitative estimate of drug-likeness (QED) is 0.237. The first-order valence-electron chi connectivity index (χ1n) is 7.08. The third kappa shape index (κ3) is 8.15. The van der Waals surface area contributed by atoms with Crippen LogP contribution >= 0.6 is 11.8 Å². The van der Waals surface area contributed by atoms with Gasteiger partial charge in [0.15, 0.2) is 0 Å². The second-order valence-electron chi connectivity index (χ2n) is 5.07. The standard InChI is InChI=1S/C14H19O8SSe.Au/c1-6(15)19-5-10-11(20-7(2)16)12(21-8(3)17)13(14(24)23-10)22-9(4)18;/h10-14H,5H2,1-4H3;. The van der Waals surface area contributed by atoms with Crippen molar-refractivity contribution in [3.05, 3.63) is 0 Å². The molecule has 5 unspecified atom stereocenters. The maximum Gasteiger partial charge on any atom is 0 e. The van der Waals surface area contributed by atoms with Crippen molar-refractivity contribution in [2.75, 3.05) is 6.61 Å². The fraction of sp³-hybridized carbons (Fsp3) is 0.714. The van der Waals surface area contributed by atoms with Crippen molar-refractivity contribution < 1.29 is 60.5 Å². The molecular formula is C14H19AuO8SSe. The van der Waals surface area contributed by atoms with Crippen LogP contribution in [0.3, 0.4) is 0 Å². The maximum atomic E-state index is 11.4. The molecule has 0 amide bonds. The molecule has 0 N–H and O–H groups in total. The molecule has 0 bridgehead atoms. The van der Waals surface area contributed by atoms with E-state index in [-0.39, 0.29) is 33.1 Å². The zero-order chi connectivity index (χ0) is 18.4. The SMILES string of the molecule is CC(=O)OCC1SC([Se])C(OC(C)=O)C(OC(C)=O)C1OC(C)=O.[Au]. The Morgan fingerprint density at radius 1 is 0.800 bits per heavy atom. The van der Waals surface area contributed by atoms with E-state index in [0.717, 1.165) is 0 Å². The summed E-state index contributed by atoms with van der Waals surface area (Å²) in [6, 6.07) is 0. The molecule has 1 saturated heterocycles. The molecule has 0 aromatic heterocycles. The summed E-state index contributed by atoms with van der Waals surface area (Å²) in [5.74, 6) is -2.25. The van der Waals surface area contributed by atoms with E-state index in [1.165, 1.54) is 39.5 Å². The Kier molecular flexibility index (Phi) is 11.0. The molecule has 0 saturated carbocycles. The molecule has 1 rings (SSSR count). The van der Waals surface area contributed by atoms with E-state index < -0.39 is 47.4 Å². The molecule has 1 aliphatic heterocycles. The van der Waals surface area contributed by atoms with Crippen molar-refractivity contribution in [1.29, 1.82) is 0 Å². The van der Waals surface area contributed by atoms with Gasteiger partial charge in [-0.25, -0.2) is 0 Å². The van der Waals surface area contributed by atoms with Crippen LogP contribution in [-0.4, -0.2) is 74.2 Å². The van der Waals surface area contributed by atoms with E-state index in [0.29, 0.717) is 0 Å². The molecule has 2 radical (unpaired) electrons. The first kappa shape index (κ1) is 24.5. The smallest absolute Gasteiger partial charge is 0 e. The predicted molar refractivity (Wildman–Crippen MR) is 84.2 cm³/mol. The number of hydrogen-bond donors (Lipinski definition) is 0. The van der Waals surface area contributed by atoms with Gasteiger partial charge in [0.05, 0.1) is 0 Å². The Labute approximate surface area is 173 Å². The van der Waals surface area contributed by atoms with Gasteiger partial charge in [0, 0.05) is 22.4 Å². The van der Waals surface area contributed by atoms with Gasteiger partial charge in [-0.1, -0.05) is 0 Å².